The number of thioether (sulfide) groups is 3. The number of nitrogens with one attached hydrogen (secondary N) is 10. The van der Waals surface area contributed by atoms with Crippen molar-refractivity contribution in [3.8, 4) is 0 Å². The Balaban J connectivity index is 0. The molecule has 12 amide bonds. The van der Waals surface area contributed by atoms with E-state index in [0.717, 1.165) is 6.92 Å². The number of hydrogen-bond donors (Lipinski definition) is 17. The number of aliphatic hydroxyl groups excluding tert-OH is 2. The van der Waals surface area contributed by atoms with Crippen molar-refractivity contribution in [2.75, 3.05) is 62.3 Å². The van der Waals surface area contributed by atoms with Crippen LogP contribution in [-0.4, -0.2) is 226 Å². The van der Waals surface area contributed by atoms with Crippen molar-refractivity contribution >= 4 is 118 Å². The number of aliphatic carboxylic acids is 2. The van der Waals surface area contributed by atoms with Crippen molar-refractivity contribution in [3.05, 3.63) is 0 Å². The SMILES string of the molecule is CSCC[C@H](NC(=O)[C@H](CCC(N)=O)NC(=O)[C@H](CCC(N)=O)NC(=O)CNC(=O)CNC(=O)[C@@H](NC(=O)[C@H](CCSC)NC(=O)[C@H](CO)NC(=O)[C@H](C)NC(=O)[C@@H](N)CCSC)[C@@H](C)O)C(=O)NCC(=O)O.O=C(O)C(F)(F)F. The molecule has 456 valence electrons. The van der Waals surface area contributed by atoms with E-state index in [9.17, 15) is 85.7 Å². The van der Waals surface area contributed by atoms with Crippen LogP contribution in [0.25, 0.3) is 0 Å². The zero-order chi connectivity index (χ0) is 61.9. The summed E-state index contributed by atoms with van der Waals surface area (Å²) in [6, 6.07) is -11.1. The minimum atomic E-state index is -5.08. The summed E-state index contributed by atoms with van der Waals surface area (Å²) in [5, 5.41) is 59.4. The van der Waals surface area contributed by atoms with E-state index in [1.165, 1.54) is 42.2 Å². The first-order chi connectivity index (χ1) is 37.2. The average molecular weight is 1210 g/mol. The summed E-state index contributed by atoms with van der Waals surface area (Å²) in [5.41, 5.74) is 16.4. The van der Waals surface area contributed by atoms with Gasteiger partial charge in [0.05, 0.1) is 31.8 Å². The molecule has 0 aliphatic rings. The molecule has 37 heteroatoms. The first-order valence-electron chi connectivity index (χ1n) is 23.8. The number of carbonyl (C=O) groups excluding carboxylic acids is 12. The first kappa shape index (κ1) is 75.4. The fourth-order valence-electron chi connectivity index (χ4n) is 5.90. The van der Waals surface area contributed by atoms with Crippen LogP contribution < -0.4 is 70.4 Å². The number of nitrogens with two attached hydrogens (primary N) is 3. The highest BCUT2D eigenvalue weighted by Gasteiger charge is 2.38. The van der Waals surface area contributed by atoms with Crippen molar-refractivity contribution in [1.82, 2.24) is 53.2 Å². The Morgan fingerprint density at radius 3 is 1.30 bits per heavy atom. The maximum Gasteiger partial charge on any atom is 0.490 e. The van der Waals surface area contributed by atoms with Crippen LogP contribution in [0.15, 0.2) is 0 Å². The minimum absolute atomic E-state index is 0.0311. The Bertz CT molecular complexity index is 2140. The summed E-state index contributed by atoms with van der Waals surface area (Å²) in [6.45, 7) is -0.852. The molecule has 0 aliphatic heterocycles. The van der Waals surface area contributed by atoms with Gasteiger partial charge in [-0.2, -0.15) is 48.5 Å². The van der Waals surface area contributed by atoms with Gasteiger partial charge in [0.1, 0.15) is 48.8 Å². The largest absolute Gasteiger partial charge is 0.490 e. The van der Waals surface area contributed by atoms with E-state index in [-0.39, 0.29) is 18.6 Å². The number of carboxylic acids is 2. The van der Waals surface area contributed by atoms with Crippen LogP contribution in [0.2, 0.25) is 0 Å². The summed E-state index contributed by atoms with van der Waals surface area (Å²) in [4.78, 5) is 173. The van der Waals surface area contributed by atoms with Gasteiger partial charge in [-0.15, -0.1) is 0 Å². The molecular formula is C43H72F3N13O18S3. The van der Waals surface area contributed by atoms with Gasteiger partial charge in [-0.3, -0.25) is 62.3 Å². The normalized spacial score (nSPS) is 14.2. The third-order valence-corrected chi connectivity index (χ3v) is 12.2. The number of amides is 12. The lowest BCUT2D eigenvalue weighted by atomic mass is 10.1. The molecule has 0 aliphatic carbocycles. The van der Waals surface area contributed by atoms with E-state index in [0.29, 0.717) is 17.9 Å². The molecule has 9 atom stereocenters. The van der Waals surface area contributed by atoms with Crippen LogP contribution in [0, 0.1) is 0 Å². The van der Waals surface area contributed by atoms with E-state index < -0.39 is 195 Å². The van der Waals surface area contributed by atoms with Crippen LogP contribution in [0.5, 0.6) is 0 Å². The lowest BCUT2D eigenvalue weighted by Crippen LogP contribution is -2.60. The molecule has 0 fully saturated rings. The van der Waals surface area contributed by atoms with Gasteiger partial charge in [-0.25, -0.2) is 4.79 Å². The zero-order valence-corrected chi connectivity index (χ0v) is 46.6. The Morgan fingerprint density at radius 1 is 0.487 bits per heavy atom. The Kier molecular flexibility index (Phi) is 38.1. The van der Waals surface area contributed by atoms with E-state index in [1.807, 2.05) is 6.26 Å². The predicted octanol–water partition coefficient (Wildman–Crippen LogP) is -7.04. The van der Waals surface area contributed by atoms with Crippen LogP contribution in [0.4, 0.5) is 13.2 Å². The molecule has 0 radical (unpaired) electrons. The molecule has 0 saturated heterocycles. The number of primary amides is 2. The Morgan fingerprint density at radius 2 is 0.875 bits per heavy atom. The molecule has 0 aromatic heterocycles. The highest BCUT2D eigenvalue weighted by Crippen LogP contribution is 2.13. The molecule has 80 heavy (non-hydrogen) atoms. The number of aliphatic hydroxyl groups is 2. The van der Waals surface area contributed by atoms with E-state index >= 15 is 0 Å². The summed E-state index contributed by atoms with van der Waals surface area (Å²) in [5.74, 6) is -14.1. The van der Waals surface area contributed by atoms with Crippen molar-refractivity contribution in [2.45, 2.75) is 119 Å². The van der Waals surface area contributed by atoms with Crippen LogP contribution in [-0.2, 0) is 67.1 Å². The molecule has 0 aromatic rings. The predicted molar refractivity (Wildman–Crippen MR) is 282 cm³/mol. The average Bonchev–Trinajstić information content (AvgIpc) is 3.38. The van der Waals surface area contributed by atoms with Gasteiger partial charge < -0.3 is 90.8 Å². The topological polar surface area (TPSA) is 518 Å². The second-order valence-corrected chi connectivity index (χ2v) is 19.8. The van der Waals surface area contributed by atoms with Crippen molar-refractivity contribution < 1.29 is 101 Å². The smallest absolute Gasteiger partial charge is 0.480 e. The van der Waals surface area contributed by atoms with Gasteiger partial charge in [-0.05, 0) is 82.0 Å². The van der Waals surface area contributed by atoms with Crippen LogP contribution in [0.3, 0.4) is 0 Å². The monoisotopic (exact) mass is 1210 g/mol. The Hall–Kier alpha value is -6.70. The van der Waals surface area contributed by atoms with E-state index in [4.69, 9.17) is 32.2 Å². The third-order valence-electron chi connectivity index (χ3n) is 10.3. The fourth-order valence-corrected chi connectivity index (χ4v) is 7.33. The van der Waals surface area contributed by atoms with Crippen molar-refractivity contribution in [1.29, 1.82) is 0 Å². The summed E-state index contributed by atoms with van der Waals surface area (Å²) < 4.78 is 31.7. The molecular weight excluding hydrogens is 1140 g/mol. The zero-order valence-electron chi connectivity index (χ0n) is 44.2. The molecule has 0 rings (SSSR count). The number of carbonyl (C=O) groups is 14. The highest BCUT2D eigenvalue weighted by molar-refractivity contribution is 7.98. The lowest BCUT2D eigenvalue weighted by Gasteiger charge is -2.26. The number of halogens is 3. The van der Waals surface area contributed by atoms with Gasteiger partial charge >= 0.3 is 18.1 Å². The molecule has 20 N–H and O–H groups in total. The quantitative estimate of drug-likeness (QED) is 0.0273. The third kappa shape index (κ3) is 33.7. The Labute approximate surface area is 469 Å². The second-order valence-electron chi connectivity index (χ2n) is 16.9. The van der Waals surface area contributed by atoms with Gasteiger partial charge in [0.2, 0.25) is 70.9 Å². The van der Waals surface area contributed by atoms with E-state index in [1.54, 1.807) is 12.5 Å². The fraction of sp³-hybridized carbons (Fsp3) is 0.674. The summed E-state index contributed by atoms with van der Waals surface area (Å²) >= 11 is 4.08. The maximum atomic E-state index is 13.5. The first-order valence-corrected chi connectivity index (χ1v) is 28.0. The molecule has 0 saturated carbocycles. The van der Waals surface area contributed by atoms with Crippen LogP contribution in [0.1, 0.15) is 58.8 Å². The second kappa shape index (κ2) is 40.5. The van der Waals surface area contributed by atoms with E-state index in [2.05, 4.69) is 53.2 Å². The molecule has 0 spiro atoms. The van der Waals surface area contributed by atoms with Crippen molar-refractivity contribution in [2.24, 2.45) is 17.2 Å². The number of alkyl halides is 3. The highest BCUT2D eigenvalue weighted by atomic mass is 32.2. The standard InChI is InChI=1S/C41H71N13O16S3.C2HF3O2/c1-20(48-35(64)22(42)10-13-71-3)34(63)53-27(19-55)40(69)52-26(12-15-73-5)39(68)54-33(21(2)56)41(70)46-16-30(59)45-17-31(60)49-23(6-8-28(43)57)37(66)50-24(7-9-29(44)58)38(67)51-25(11-14-72-4)36(65)47-18-32(61)62;3-2(4,5)1(6)7/h20-27,33,55-56H,6-19,42H2,1-5H3,(H2,43,57)(H2,44,58)(H,45,59)(H,46,70)(H,47,65)(H,48,64)(H,49,60)(H,50,66)(H,51,67)(H,52,69)(H,53,63)(H,54,68)(H,61,62);(H,6,7)/t20-,21+,22-,23-,24-,25-,26-,27-,33-;/m0./s1. The van der Waals surface area contributed by atoms with Gasteiger partial charge in [0.25, 0.3) is 0 Å². The molecule has 0 bridgehead atoms. The number of hydrogen-bond acceptors (Lipinski definition) is 20. The van der Waals surface area contributed by atoms with Crippen molar-refractivity contribution in [3.63, 3.8) is 0 Å². The maximum absolute atomic E-state index is 13.5. The van der Waals surface area contributed by atoms with Crippen LogP contribution >= 0.6 is 35.3 Å². The molecule has 31 nitrogen and oxygen atoms in total. The number of carboxylic acid groups (broad SMARTS) is 2. The molecule has 0 heterocycles. The summed E-state index contributed by atoms with van der Waals surface area (Å²) in [6.07, 6.45) is -2.77. The number of rotatable bonds is 38. The van der Waals surface area contributed by atoms with Gasteiger partial charge in [0.15, 0.2) is 0 Å². The lowest BCUT2D eigenvalue weighted by molar-refractivity contribution is -0.192. The van der Waals surface area contributed by atoms with Gasteiger partial charge in [-0.1, -0.05) is 0 Å². The van der Waals surface area contributed by atoms with Gasteiger partial charge in [0, 0.05) is 12.8 Å². The minimum Gasteiger partial charge on any atom is -0.480 e. The molecule has 0 unspecified atom stereocenters. The molecule has 0 aromatic carbocycles. The summed E-state index contributed by atoms with van der Waals surface area (Å²) in [7, 11) is 0.